The molecule has 0 atom stereocenters. The van der Waals surface area contributed by atoms with Crippen LogP contribution in [0.15, 0.2) is 0 Å². The van der Waals surface area contributed by atoms with E-state index in [1.54, 1.807) is 0 Å². The Balaban J connectivity index is 3.75. The number of hydrogen-bond acceptors (Lipinski definition) is 2. The van der Waals surface area contributed by atoms with Crippen LogP contribution in [0.2, 0.25) is 19.6 Å². The van der Waals surface area contributed by atoms with Gasteiger partial charge in [-0.25, -0.2) is 0 Å². The zero-order valence-electron chi connectivity index (χ0n) is 6.99. The smallest absolute Gasteiger partial charge is 0.186 e. The quantitative estimate of drug-likeness (QED) is 0.475. The highest BCUT2D eigenvalue weighted by Crippen LogP contribution is 2.10. The fraction of sp³-hybridized carbons (Fsp3) is 1.00. The molecular formula is C6H17NOSi. The molecule has 2 nitrogen and oxygen atoms in total. The Labute approximate surface area is 58.5 Å². The molecule has 3 heteroatoms. The minimum atomic E-state index is -1.42. The van der Waals surface area contributed by atoms with Crippen LogP contribution in [-0.4, -0.2) is 14.0 Å². The third-order valence-electron chi connectivity index (χ3n) is 0.569. The van der Waals surface area contributed by atoms with Crippen molar-refractivity contribution in [3.63, 3.8) is 0 Å². The summed E-state index contributed by atoms with van der Waals surface area (Å²) in [7, 11) is -1.42. The molecule has 0 aliphatic rings. The fourth-order valence-corrected chi connectivity index (χ4v) is 2.37. The molecule has 0 radical (unpaired) electrons. The highest BCUT2D eigenvalue weighted by molar-refractivity contribution is 6.69. The molecule has 0 aliphatic carbocycles. The molecule has 0 aromatic heterocycles. The van der Waals surface area contributed by atoms with E-state index in [1.165, 1.54) is 0 Å². The van der Waals surface area contributed by atoms with Crippen molar-refractivity contribution >= 4 is 8.32 Å². The normalized spacial score (nSPS) is 14.0. The summed E-state index contributed by atoms with van der Waals surface area (Å²) in [4.78, 5) is 0. The monoisotopic (exact) mass is 147 g/mol. The summed E-state index contributed by atoms with van der Waals surface area (Å²) in [5, 5.41) is 0. The molecular weight excluding hydrogens is 130 g/mol. The van der Waals surface area contributed by atoms with Gasteiger partial charge in [0, 0.05) is 0 Å². The summed E-state index contributed by atoms with van der Waals surface area (Å²) in [5.41, 5.74) is 5.18. The minimum Gasteiger partial charge on any atom is -0.401 e. The summed E-state index contributed by atoms with van der Waals surface area (Å²) >= 11 is 0. The first kappa shape index (κ1) is 9.14. The maximum Gasteiger partial charge on any atom is 0.186 e. The first-order chi connectivity index (χ1) is 3.71. The summed E-state index contributed by atoms with van der Waals surface area (Å²) in [6, 6.07) is 0. The molecule has 0 aliphatic heterocycles. The van der Waals surface area contributed by atoms with Crippen molar-refractivity contribution < 1.29 is 4.43 Å². The van der Waals surface area contributed by atoms with Crippen molar-refractivity contribution in [3.8, 4) is 0 Å². The predicted molar refractivity (Wildman–Crippen MR) is 42.7 cm³/mol. The maximum atomic E-state index is 5.63. The van der Waals surface area contributed by atoms with Crippen molar-refractivity contribution in [2.75, 3.05) is 0 Å². The Bertz CT molecular complexity index is 78.2. The van der Waals surface area contributed by atoms with Crippen molar-refractivity contribution in [1.82, 2.24) is 0 Å². The molecule has 0 aromatic carbocycles. The van der Waals surface area contributed by atoms with Gasteiger partial charge in [0.15, 0.2) is 8.32 Å². The molecule has 0 saturated heterocycles. The van der Waals surface area contributed by atoms with Crippen molar-refractivity contribution in [3.05, 3.63) is 0 Å². The Hall–Kier alpha value is 0.137. The molecule has 0 unspecified atom stereocenters. The van der Waals surface area contributed by atoms with Crippen LogP contribution in [0.1, 0.15) is 13.8 Å². The summed E-state index contributed by atoms with van der Waals surface area (Å²) < 4.78 is 5.54. The van der Waals surface area contributed by atoms with E-state index in [1.807, 2.05) is 13.8 Å². The zero-order valence-corrected chi connectivity index (χ0v) is 7.99. The van der Waals surface area contributed by atoms with Crippen LogP contribution in [-0.2, 0) is 4.43 Å². The standard InChI is InChI=1S/C6H17NOSi/c1-6(2,7)8-9(3,4)5/h7H2,1-5H3. The van der Waals surface area contributed by atoms with Gasteiger partial charge in [-0.1, -0.05) is 0 Å². The SMILES string of the molecule is CC(C)(N)O[Si](C)(C)C. The van der Waals surface area contributed by atoms with Crippen LogP contribution >= 0.6 is 0 Å². The van der Waals surface area contributed by atoms with Gasteiger partial charge in [-0.3, -0.25) is 0 Å². The molecule has 0 heterocycles. The van der Waals surface area contributed by atoms with Crippen LogP contribution in [0.25, 0.3) is 0 Å². The van der Waals surface area contributed by atoms with Crippen LogP contribution in [0.4, 0.5) is 0 Å². The van der Waals surface area contributed by atoms with Crippen molar-refractivity contribution in [1.29, 1.82) is 0 Å². The second kappa shape index (κ2) is 2.40. The van der Waals surface area contributed by atoms with E-state index in [2.05, 4.69) is 19.6 Å². The van der Waals surface area contributed by atoms with Gasteiger partial charge < -0.3 is 10.2 Å². The van der Waals surface area contributed by atoms with Gasteiger partial charge in [0.2, 0.25) is 0 Å². The third kappa shape index (κ3) is 8.14. The summed E-state index contributed by atoms with van der Waals surface area (Å²) in [5.74, 6) is 0. The van der Waals surface area contributed by atoms with E-state index in [0.717, 1.165) is 0 Å². The lowest BCUT2D eigenvalue weighted by molar-refractivity contribution is 0.109. The lowest BCUT2D eigenvalue weighted by atomic mass is 10.4. The third-order valence-corrected chi connectivity index (χ3v) is 1.71. The molecule has 9 heavy (non-hydrogen) atoms. The van der Waals surface area contributed by atoms with E-state index in [-0.39, 0.29) is 0 Å². The number of hydrogen-bond donors (Lipinski definition) is 1. The Morgan fingerprint density at radius 3 is 1.56 bits per heavy atom. The molecule has 2 N–H and O–H groups in total. The Kier molecular flexibility index (Phi) is 2.44. The highest BCUT2D eigenvalue weighted by Gasteiger charge is 2.22. The zero-order chi connectivity index (χ0) is 7.71. The van der Waals surface area contributed by atoms with Gasteiger partial charge >= 0.3 is 0 Å². The van der Waals surface area contributed by atoms with E-state index in [9.17, 15) is 0 Å². The topological polar surface area (TPSA) is 35.2 Å². The molecule has 0 bridgehead atoms. The summed E-state index contributed by atoms with van der Waals surface area (Å²) in [6.45, 7) is 10.1. The van der Waals surface area contributed by atoms with E-state index >= 15 is 0 Å². The fourth-order valence-electron chi connectivity index (χ4n) is 0.789. The maximum absolute atomic E-state index is 5.63. The van der Waals surface area contributed by atoms with Gasteiger partial charge in [0.1, 0.15) is 0 Å². The second-order valence-electron chi connectivity index (χ2n) is 3.82. The highest BCUT2D eigenvalue weighted by atomic mass is 28.4. The molecule has 0 fully saturated rings. The van der Waals surface area contributed by atoms with Gasteiger partial charge in [0.25, 0.3) is 0 Å². The van der Waals surface area contributed by atoms with Crippen LogP contribution in [0.5, 0.6) is 0 Å². The average molecular weight is 147 g/mol. The Morgan fingerprint density at radius 1 is 1.22 bits per heavy atom. The molecule has 0 saturated carbocycles. The lowest BCUT2D eigenvalue weighted by Crippen LogP contribution is -2.44. The van der Waals surface area contributed by atoms with Crippen LogP contribution < -0.4 is 5.73 Å². The van der Waals surface area contributed by atoms with Crippen molar-refractivity contribution in [2.24, 2.45) is 5.73 Å². The number of nitrogens with two attached hydrogens (primary N) is 1. The van der Waals surface area contributed by atoms with E-state index in [0.29, 0.717) is 0 Å². The van der Waals surface area contributed by atoms with Gasteiger partial charge in [-0.2, -0.15) is 0 Å². The van der Waals surface area contributed by atoms with Gasteiger partial charge in [0.05, 0.1) is 5.72 Å². The van der Waals surface area contributed by atoms with E-state index in [4.69, 9.17) is 10.2 Å². The first-order valence-corrected chi connectivity index (χ1v) is 6.61. The molecule has 56 valence electrons. The lowest BCUT2D eigenvalue weighted by Gasteiger charge is -2.28. The van der Waals surface area contributed by atoms with E-state index < -0.39 is 14.0 Å². The molecule has 0 aromatic rings. The van der Waals surface area contributed by atoms with Gasteiger partial charge in [-0.15, -0.1) is 0 Å². The largest absolute Gasteiger partial charge is 0.401 e. The first-order valence-electron chi connectivity index (χ1n) is 3.20. The average Bonchev–Trinajstić information content (AvgIpc) is 1.14. The molecule has 0 rings (SSSR count). The second-order valence-corrected chi connectivity index (χ2v) is 8.25. The molecule has 0 spiro atoms. The van der Waals surface area contributed by atoms with Crippen molar-refractivity contribution in [2.45, 2.75) is 39.2 Å². The number of rotatable bonds is 2. The molecule has 0 amide bonds. The van der Waals surface area contributed by atoms with Crippen LogP contribution in [0.3, 0.4) is 0 Å². The summed E-state index contributed by atoms with van der Waals surface area (Å²) in [6.07, 6.45) is 0. The predicted octanol–water partition coefficient (Wildman–Crippen LogP) is 1.53. The van der Waals surface area contributed by atoms with Crippen LogP contribution in [0, 0.1) is 0 Å². The Morgan fingerprint density at radius 2 is 1.56 bits per heavy atom. The minimum absolute atomic E-state index is 0.454. The van der Waals surface area contributed by atoms with Gasteiger partial charge in [-0.05, 0) is 33.5 Å².